The van der Waals surface area contributed by atoms with Gasteiger partial charge >= 0.3 is 0 Å². The molecule has 1 aromatic carbocycles. The molecular weight excluding hydrogens is 273 g/mol. The number of aliphatic hydroxyl groups is 1. The molecule has 1 atom stereocenters. The van der Waals surface area contributed by atoms with Crippen LogP contribution in [0.2, 0.25) is 0 Å². The Kier molecular flexibility index (Phi) is 3.31. The van der Waals surface area contributed by atoms with E-state index in [-0.39, 0.29) is 5.82 Å². The first-order chi connectivity index (χ1) is 7.66. The number of hydrogen-bond donors (Lipinski definition) is 1. The van der Waals surface area contributed by atoms with Gasteiger partial charge in [-0.2, -0.15) is 0 Å². The van der Waals surface area contributed by atoms with E-state index in [1.807, 2.05) is 0 Å². The SMILES string of the molecule is OC(c1cccnc1)c1cc(F)cc(Br)c1. The molecule has 1 aromatic heterocycles. The van der Waals surface area contributed by atoms with Crippen LogP contribution in [0.15, 0.2) is 47.2 Å². The van der Waals surface area contributed by atoms with Crippen LogP contribution in [-0.2, 0) is 0 Å². The minimum atomic E-state index is -0.860. The van der Waals surface area contributed by atoms with Crippen LogP contribution in [0, 0.1) is 5.82 Å². The van der Waals surface area contributed by atoms with Crippen LogP contribution in [0.4, 0.5) is 4.39 Å². The Balaban J connectivity index is 2.37. The molecule has 0 saturated heterocycles. The summed E-state index contributed by atoms with van der Waals surface area (Å²) in [4.78, 5) is 3.91. The second-order valence-electron chi connectivity index (χ2n) is 3.39. The fraction of sp³-hybridized carbons (Fsp3) is 0.0833. The summed E-state index contributed by atoms with van der Waals surface area (Å²) in [7, 11) is 0. The van der Waals surface area contributed by atoms with Crippen molar-refractivity contribution >= 4 is 15.9 Å². The molecule has 82 valence electrons. The van der Waals surface area contributed by atoms with Crippen molar-refractivity contribution in [2.24, 2.45) is 0 Å². The van der Waals surface area contributed by atoms with Crippen molar-refractivity contribution in [1.29, 1.82) is 0 Å². The van der Waals surface area contributed by atoms with Crippen LogP contribution >= 0.6 is 15.9 Å². The van der Waals surface area contributed by atoms with Crippen LogP contribution < -0.4 is 0 Å². The molecule has 0 spiro atoms. The minimum absolute atomic E-state index is 0.382. The van der Waals surface area contributed by atoms with Gasteiger partial charge in [0.2, 0.25) is 0 Å². The number of nitrogens with zero attached hydrogens (tertiary/aromatic N) is 1. The molecule has 1 heterocycles. The van der Waals surface area contributed by atoms with E-state index in [1.165, 1.54) is 12.1 Å². The Hall–Kier alpha value is -1.26. The van der Waals surface area contributed by atoms with Gasteiger partial charge in [0.1, 0.15) is 11.9 Å². The molecule has 0 amide bonds. The number of halogens is 2. The lowest BCUT2D eigenvalue weighted by atomic mass is 10.0. The molecule has 2 nitrogen and oxygen atoms in total. The standard InChI is InChI=1S/C12H9BrFNO/c13-10-4-9(5-11(14)6-10)12(16)8-2-1-3-15-7-8/h1-7,12,16H. The molecule has 0 radical (unpaired) electrons. The van der Waals surface area contributed by atoms with Crippen molar-refractivity contribution in [2.75, 3.05) is 0 Å². The van der Waals surface area contributed by atoms with Gasteiger partial charge in [0.05, 0.1) is 0 Å². The first kappa shape index (κ1) is 11.2. The molecule has 4 heteroatoms. The second kappa shape index (κ2) is 4.72. The van der Waals surface area contributed by atoms with Crippen LogP contribution in [0.25, 0.3) is 0 Å². The number of pyridine rings is 1. The predicted octanol–water partition coefficient (Wildman–Crippen LogP) is 3.06. The van der Waals surface area contributed by atoms with Gasteiger partial charge < -0.3 is 5.11 Å². The van der Waals surface area contributed by atoms with E-state index in [2.05, 4.69) is 20.9 Å². The van der Waals surface area contributed by atoms with E-state index in [9.17, 15) is 9.50 Å². The maximum Gasteiger partial charge on any atom is 0.124 e. The molecule has 1 N–H and O–H groups in total. The molecule has 1 unspecified atom stereocenters. The zero-order valence-electron chi connectivity index (χ0n) is 8.27. The zero-order valence-corrected chi connectivity index (χ0v) is 9.86. The van der Waals surface area contributed by atoms with Gasteiger partial charge in [-0.15, -0.1) is 0 Å². The Morgan fingerprint density at radius 3 is 2.69 bits per heavy atom. The van der Waals surface area contributed by atoms with Crippen molar-refractivity contribution in [3.8, 4) is 0 Å². The normalized spacial score (nSPS) is 12.4. The molecule has 16 heavy (non-hydrogen) atoms. The van der Waals surface area contributed by atoms with E-state index in [1.54, 1.807) is 30.6 Å². The van der Waals surface area contributed by atoms with Crippen molar-refractivity contribution in [3.63, 3.8) is 0 Å². The lowest BCUT2D eigenvalue weighted by Crippen LogP contribution is -2.00. The van der Waals surface area contributed by atoms with Gasteiger partial charge in [-0.3, -0.25) is 4.98 Å². The summed E-state index contributed by atoms with van der Waals surface area (Å²) in [5, 5.41) is 10.0. The summed E-state index contributed by atoms with van der Waals surface area (Å²) < 4.78 is 13.7. The summed E-state index contributed by atoms with van der Waals surface area (Å²) >= 11 is 3.19. The molecule has 0 bridgehead atoms. The lowest BCUT2D eigenvalue weighted by molar-refractivity contribution is 0.219. The van der Waals surface area contributed by atoms with E-state index in [4.69, 9.17) is 0 Å². The third-order valence-electron chi connectivity index (χ3n) is 2.20. The molecule has 0 fully saturated rings. The highest BCUT2D eigenvalue weighted by atomic mass is 79.9. The maximum atomic E-state index is 13.1. The van der Waals surface area contributed by atoms with Crippen LogP contribution in [0.5, 0.6) is 0 Å². The van der Waals surface area contributed by atoms with E-state index >= 15 is 0 Å². The highest BCUT2D eigenvalue weighted by Gasteiger charge is 2.11. The van der Waals surface area contributed by atoms with Gasteiger partial charge in [-0.05, 0) is 29.8 Å². The van der Waals surface area contributed by atoms with Gasteiger partial charge in [0.25, 0.3) is 0 Å². The third-order valence-corrected chi connectivity index (χ3v) is 2.66. The first-order valence-electron chi connectivity index (χ1n) is 4.71. The Morgan fingerprint density at radius 2 is 2.06 bits per heavy atom. The third kappa shape index (κ3) is 2.46. The average molecular weight is 282 g/mol. The second-order valence-corrected chi connectivity index (χ2v) is 4.31. The fourth-order valence-electron chi connectivity index (χ4n) is 1.46. The van der Waals surface area contributed by atoms with Crippen molar-refractivity contribution < 1.29 is 9.50 Å². The van der Waals surface area contributed by atoms with E-state index in [0.29, 0.717) is 15.6 Å². The number of benzene rings is 1. The molecule has 0 aliphatic heterocycles. The Morgan fingerprint density at radius 1 is 1.25 bits per heavy atom. The van der Waals surface area contributed by atoms with Crippen molar-refractivity contribution in [2.45, 2.75) is 6.10 Å². The number of aliphatic hydroxyl groups excluding tert-OH is 1. The van der Waals surface area contributed by atoms with Crippen LogP contribution in [-0.4, -0.2) is 10.1 Å². The predicted molar refractivity (Wildman–Crippen MR) is 62.4 cm³/mol. The van der Waals surface area contributed by atoms with Gasteiger partial charge in [-0.25, -0.2) is 4.39 Å². The fourth-order valence-corrected chi connectivity index (χ4v) is 1.95. The van der Waals surface area contributed by atoms with E-state index in [0.717, 1.165) is 0 Å². The van der Waals surface area contributed by atoms with Gasteiger partial charge in [-0.1, -0.05) is 22.0 Å². The molecule has 0 aliphatic rings. The van der Waals surface area contributed by atoms with Gasteiger partial charge in [0, 0.05) is 22.4 Å². The smallest absolute Gasteiger partial charge is 0.124 e. The molecular formula is C12H9BrFNO. The summed E-state index contributed by atoms with van der Waals surface area (Å²) in [5.41, 5.74) is 1.14. The highest BCUT2D eigenvalue weighted by Crippen LogP contribution is 2.24. The molecule has 2 aromatic rings. The summed E-state index contributed by atoms with van der Waals surface area (Å²) in [6.07, 6.45) is 2.32. The Bertz CT molecular complexity index is 469. The largest absolute Gasteiger partial charge is 0.384 e. The van der Waals surface area contributed by atoms with Gasteiger partial charge in [0.15, 0.2) is 0 Å². The number of hydrogen-bond acceptors (Lipinski definition) is 2. The minimum Gasteiger partial charge on any atom is -0.384 e. The first-order valence-corrected chi connectivity index (χ1v) is 5.50. The molecule has 0 saturated carbocycles. The average Bonchev–Trinajstić information content (AvgIpc) is 2.28. The van der Waals surface area contributed by atoms with Crippen LogP contribution in [0.1, 0.15) is 17.2 Å². The summed E-state index contributed by atoms with van der Waals surface area (Å²) in [6, 6.07) is 7.81. The van der Waals surface area contributed by atoms with Crippen molar-refractivity contribution in [3.05, 3.63) is 64.1 Å². The molecule has 0 aliphatic carbocycles. The summed E-state index contributed by atoms with van der Waals surface area (Å²) in [6.45, 7) is 0. The summed E-state index contributed by atoms with van der Waals surface area (Å²) in [5.74, 6) is -0.382. The highest BCUT2D eigenvalue weighted by molar-refractivity contribution is 9.10. The van der Waals surface area contributed by atoms with Crippen molar-refractivity contribution in [1.82, 2.24) is 4.98 Å². The zero-order chi connectivity index (χ0) is 11.5. The van der Waals surface area contributed by atoms with Crippen LogP contribution in [0.3, 0.4) is 0 Å². The number of rotatable bonds is 2. The number of aromatic nitrogens is 1. The quantitative estimate of drug-likeness (QED) is 0.918. The maximum absolute atomic E-state index is 13.1. The monoisotopic (exact) mass is 281 g/mol. The van der Waals surface area contributed by atoms with E-state index < -0.39 is 6.10 Å². The topological polar surface area (TPSA) is 33.1 Å². The lowest BCUT2D eigenvalue weighted by Gasteiger charge is -2.11. The Labute approximate surface area is 101 Å². The molecule has 2 rings (SSSR count).